The van der Waals surface area contributed by atoms with E-state index in [0.29, 0.717) is 23.6 Å². The smallest absolute Gasteiger partial charge is 0.295 e. The van der Waals surface area contributed by atoms with Gasteiger partial charge in [-0.1, -0.05) is 37.6 Å². The SMILES string of the molecule is CCCCN1C(=O)C(=O)/C(=C(/O)c2cc(OC)ccc2OC)C1c1ccccc1C. The molecule has 0 bridgehead atoms. The Morgan fingerprint density at radius 3 is 2.47 bits per heavy atom. The standard InChI is InChI=1S/C24H27NO5/c1-5-6-13-25-21(17-10-8-7-9-15(17)2)20(23(27)24(25)28)22(26)18-14-16(29-3)11-12-19(18)30-4/h7-12,14,21,26H,5-6,13H2,1-4H3/b22-20+. The number of aryl methyl sites for hydroxylation is 1. The molecule has 1 amide bonds. The zero-order valence-corrected chi connectivity index (χ0v) is 17.8. The average molecular weight is 409 g/mol. The summed E-state index contributed by atoms with van der Waals surface area (Å²) < 4.78 is 10.7. The fraction of sp³-hybridized carbons (Fsp3) is 0.333. The van der Waals surface area contributed by atoms with Gasteiger partial charge in [-0.3, -0.25) is 9.59 Å². The molecule has 6 nitrogen and oxygen atoms in total. The Balaban J connectivity index is 2.25. The molecule has 0 aromatic heterocycles. The molecule has 6 heteroatoms. The predicted molar refractivity (Wildman–Crippen MR) is 115 cm³/mol. The van der Waals surface area contributed by atoms with Gasteiger partial charge in [-0.15, -0.1) is 0 Å². The van der Waals surface area contributed by atoms with Gasteiger partial charge >= 0.3 is 0 Å². The molecule has 2 aromatic carbocycles. The topological polar surface area (TPSA) is 76.1 Å². The fourth-order valence-corrected chi connectivity index (χ4v) is 3.80. The third kappa shape index (κ3) is 3.77. The van der Waals surface area contributed by atoms with Gasteiger partial charge in [0.05, 0.1) is 31.4 Å². The third-order valence-corrected chi connectivity index (χ3v) is 5.44. The van der Waals surface area contributed by atoms with Crippen LogP contribution in [-0.4, -0.2) is 42.5 Å². The van der Waals surface area contributed by atoms with Crippen LogP contribution < -0.4 is 9.47 Å². The van der Waals surface area contributed by atoms with Crippen molar-refractivity contribution in [3.05, 3.63) is 64.7 Å². The maximum absolute atomic E-state index is 13.1. The number of aliphatic hydroxyl groups is 1. The molecule has 1 aliphatic rings. The lowest BCUT2D eigenvalue weighted by atomic mass is 9.92. The zero-order chi connectivity index (χ0) is 21.8. The molecule has 3 rings (SSSR count). The first-order valence-electron chi connectivity index (χ1n) is 10.0. The van der Waals surface area contributed by atoms with Crippen LogP contribution in [0.25, 0.3) is 5.76 Å². The van der Waals surface area contributed by atoms with E-state index >= 15 is 0 Å². The molecule has 1 fully saturated rings. The second-order valence-electron chi connectivity index (χ2n) is 7.27. The summed E-state index contributed by atoms with van der Waals surface area (Å²) in [5, 5.41) is 11.3. The van der Waals surface area contributed by atoms with E-state index in [2.05, 4.69) is 0 Å². The van der Waals surface area contributed by atoms with Crippen LogP contribution in [0.15, 0.2) is 48.0 Å². The Hall–Kier alpha value is -3.28. The summed E-state index contributed by atoms with van der Waals surface area (Å²) in [5.41, 5.74) is 2.13. The van der Waals surface area contributed by atoms with Crippen molar-refractivity contribution in [2.45, 2.75) is 32.7 Å². The van der Waals surface area contributed by atoms with E-state index in [1.165, 1.54) is 14.2 Å². The molecule has 0 saturated carbocycles. The van der Waals surface area contributed by atoms with E-state index in [4.69, 9.17) is 9.47 Å². The summed E-state index contributed by atoms with van der Waals surface area (Å²) >= 11 is 0. The van der Waals surface area contributed by atoms with Crippen LogP contribution in [0.2, 0.25) is 0 Å². The maximum atomic E-state index is 13.1. The lowest BCUT2D eigenvalue weighted by molar-refractivity contribution is -0.139. The summed E-state index contributed by atoms with van der Waals surface area (Å²) in [6.45, 7) is 4.40. The van der Waals surface area contributed by atoms with Gasteiger partial charge in [0.1, 0.15) is 17.3 Å². The number of amides is 1. The number of nitrogens with zero attached hydrogens (tertiary/aromatic N) is 1. The van der Waals surface area contributed by atoms with Gasteiger partial charge in [0.25, 0.3) is 11.7 Å². The number of ether oxygens (including phenoxy) is 2. The first-order valence-corrected chi connectivity index (χ1v) is 10.0. The molecular formula is C24H27NO5. The Bertz CT molecular complexity index is 995. The first-order chi connectivity index (χ1) is 14.4. The molecule has 30 heavy (non-hydrogen) atoms. The van der Waals surface area contributed by atoms with Gasteiger partial charge in [-0.25, -0.2) is 0 Å². The van der Waals surface area contributed by atoms with Crippen molar-refractivity contribution in [3.8, 4) is 11.5 Å². The second kappa shape index (κ2) is 9.03. The lowest BCUT2D eigenvalue weighted by Gasteiger charge is -2.26. The molecule has 1 saturated heterocycles. The van der Waals surface area contributed by atoms with E-state index in [1.54, 1.807) is 23.1 Å². The Morgan fingerprint density at radius 2 is 1.83 bits per heavy atom. The Labute approximate surface area is 176 Å². The minimum Gasteiger partial charge on any atom is -0.507 e. The van der Waals surface area contributed by atoms with Crippen LogP contribution >= 0.6 is 0 Å². The molecule has 1 aliphatic heterocycles. The van der Waals surface area contributed by atoms with E-state index in [1.807, 2.05) is 38.1 Å². The number of methoxy groups -OCH3 is 2. The van der Waals surface area contributed by atoms with Crippen molar-refractivity contribution in [1.29, 1.82) is 0 Å². The quantitative estimate of drug-likeness (QED) is 0.421. The second-order valence-corrected chi connectivity index (χ2v) is 7.27. The monoisotopic (exact) mass is 409 g/mol. The molecule has 0 spiro atoms. The van der Waals surface area contributed by atoms with Gasteiger partial charge in [-0.05, 0) is 42.7 Å². The number of unbranched alkanes of at least 4 members (excludes halogenated alkanes) is 1. The minimum absolute atomic E-state index is 0.0666. The molecule has 0 radical (unpaired) electrons. The largest absolute Gasteiger partial charge is 0.507 e. The number of ketones is 1. The summed E-state index contributed by atoms with van der Waals surface area (Å²) in [6, 6.07) is 11.9. The van der Waals surface area contributed by atoms with Crippen molar-refractivity contribution in [2.24, 2.45) is 0 Å². The average Bonchev–Trinajstić information content (AvgIpc) is 3.01. The Morgan fingerprint density at radius 1 is 1.10 bits per heavy atom. The summed E-state index contributed by atoms with van der Waals surface area (Å²) in [6.07, 6.45) is 1.64. The molecule has 1 N–H and O–H groups in total. The van der Waals surface area contributed by atoms with E-state index < -0.39 is 17.7 Å². The third-order valence-electron chi connectivity index (χ3n) is 5.44. The summed E-state index contributed by atoms with van der Waals surface area (Å²) in [5.74, 6) is -0.667. The van der Waals surface area contributed by atoms with Crippen LogP contribution in [0, 0.1) is 6.92 Å². The molecule has 2 aromatic rings. The number of hydrogen-bond acceptors (Lipinski definition) is 5. The van der Waals surface area contributed by atoms with Gasteiger partial charge in [0, 0.05) is 6.54 Å². The van der Waals surface area contributed by atoms with E-state index in [-0.39, 0.29) is 11.3 Å². The van der Waals surface area contributed by atoms with Crippen molar-refractivity contribution in [2.75, 3.05) is 20.8 Å². The molecule has 0 aliphatic carbocycles. The highest BCUT2D eigenvalue weighted by Crippen LogP contribution is 2.42. The van der Waals surface area contributed by atoms with Crippen LogP contribution in [0.5, 0.6) is 11.5 Å². The molecule has 158 valence electrons. The number of carbonyl (C=O) groups is 2. The van der Waals surface area contributed by atoms with Gasteiger partial charge in [0.15, 0.2) is 0 Å². The number of likely N-dealkylation sites (tertiary alicyclic amines) is 1. The maximum Gasteiger partial charge on any atom is 0.295 e. The highest BCUT2D eigenvalue weighted by Gasteiger charge is 2.46. The van der Waals surface area contributed by atoms with Crippen molar-refractivity contribution >= 4 is 17.4 Å². The van der Waals surface area contributed by atoms with Crippen molar-refractivity contribution < 1.29 is 24.2 Å². The number of carbonyl (C=O) groups excluding carboxylic acids is 2. The number of hydrogen-bond donors (Lipinski definition) is 1. The fourth-order valence-electron chi connectivity index (χ4n) is 3.80. The number of aliphatic hydroxyl groups excluding tert-OH is 1. The lowest BCUT2D eigenvalue weighted by Crippen LogP contribution is -2.30. The van der Waals surface area contributed by atoms with Crippen molar-refractivity contribution in [3.63, 3.8) is 0 Å². The first kappa shape index (κ1) is 21.4. The molecule has 1 heterocycles. The summed E-state index contributed by atoms with van der Waals surface area (Å²) in [4.78, 5) is 27.5. The van der Waals surface area contributed by atoms with Gasteiger partial charge < -0.3 is 19.5 Å². The van der Waals surface area contributed by atoms with Crippen LogP contribution in [0.3, 0.4) is 0 Å². The Kier molecular flexibility index (Phi) is 6.45. The normalized spacial score (nSPS) is 18.0. The number of Topliss-reactive ketones (excluding diaryl/α,β-unsaturated/α-hetero) is 1. The van der Waals surface area contributed by atoms with Crippen LogP contribution in [-0.2, 0) is 9.59 Å². The number of rotatable bonds is 7. The minimum atomic E-state index is -0.693. The predicted octanol–water partition coefficient (Wildman–Crippen LogP) is 4.23. The van der Waals surface area contributed by atoms with E-state index in [9.17, 15) is 14.7 Å². The van der Waals surface area contributed by atoms with Crippen molar-refractivity contribution in [1.82, 2.24) is 4.90 Å². The molecule has 1 atom stereocenters. The highest BCUT2D eigenvalue weighted by atomic mass is 16.5. The van der Waals surface area contributed by atoms with E-state index in [0.717, 1.165) is 24.0 Å². The highest BCUT2D eigenvalue weighted by molar-refractivity contribution is 6.46. The van der Waals surface area contributed by atoms with Crippen LogP contribution in [0.4, 0.5) is 0 Å². The molecular weight excluding hydrogens is 382 g/mol. The summed E-state index contributed by atoms with van der Waals surface area (Å²) in [7, 11) is 3.00. The molecule has 1 unspecified atom stereocenters. The van der Waals surface area contributed by atoms with Gasteiger partial charge in [-0.2, -0.15) is 0 Å². The zero-order valence-electron chi connectivity index (χ0n) is 17.8. The van der Waals surface area contributed by atoms with Gasteiger partial charge in [0.2, 0.25) is 0 Å². The number of benzene rings is 2. The van der Waals surface area contributed by atoms with Crippen LogP contribution in [0.1, 0.15) is 42.5 Å².